The number of Topliss-reactive ketones (excluding diaryl/α,β-unsaturated/α-hetero) is 1. The summed E-state index contributed by atoms with van der Waals surface area (Å²) < 4.78 is 63.0. The molecular formula is C17H16B3F2NO5S. The van der Waals surface area contributed by atoms with Crippen LogP contribution in [0.1, 0.15) is 11.1 Å². The maximum absolute atomic E-state index is 14.2. The Labute approximate surface area is 169 Å². The summed E-state index contributed by atoms with van der Waals surface area (Å²) in [5.74, 6) is -4.68. The van der Waals surface area contributed by atoms with Crippen molar-refractivity contribution in [3.8, 4) is 0 Å². The van der Waals surface area contributed by atoms with Crippen molar-refractivity contribution >= 4 is 39.4 Å². The van der Waals surface area contributed by atoms with Gasteiger partial charge in [-0.2, -0.15) is 8.42 Å². The number of benzene rings is 2. The van der Waals surface area contributed by atoms with Crippen LogP contribution < -0.4 is 5.73 Å². The number of ether oxygens (including phenoxy) is 1. The molecule has 2 aromatic rings. The first-order valence-corrected chi connectivity index (χ1v) is 10.0. The Morgan fingerprint density at radius 3 is 2.14 bits per heavy atom. The van der Waals surface area contributed by atoms with Crippen molar-refractivity contribution in [2.45, 2.75) is 10.0 Å². The molecule has 1 atom stereocenters. The van der Waals surface area contributed by atoms with Gasteiger partial charge in [-0.05, 0) is 17.7 Å². The van der Waals surface area contributed by atoms with Crippen LogP contribution in [0.25, 0.3) is 0 Å². The summed E-state index contributed by atoms with van der Waals surface area (Å²) in [5.41, 5.74) is 3.19. The average Bonchev–Trinajstić information content (AvgIpc) is 2.85. The molecule has 0 fully saturated rings. The van der Waals surface area contributed by atoms with E-state index in [0.717, 1.165) is 26.0 Å². The molecule has 0 saturated carbocycles. The topological polar surface area (TPSA) is 95.7 Å². The van der Waals surface area contributed by atoms with Crippen molar-refractivity contribution in [3.05, 3.63) is 82.9 Å². The van der Waals surface area contributed by atoms with E-state index in [-0.39, 0.29) is 0 Å². The summed E-state index contributed by atoms with van der Waals surface area (Å²) in [5, 5.41) is 0. The SMILES string of the molecule is BC(B)(c1ccccc1)S(=O)(=O)OC1=C(N)O[C@](B)(c2c(F)cccc2F)C1=O. The molecule has 1 aliphatic rings. The first kappa shape index (κ1) is 21.0. The van der Waals surface area contributed by atoms with Crippen molar-refractivity contribution < 1.29 is 30.9 Å². The van der Waals surface area contributed by atoms with Crippen molar-refractivity contribution in [2.24, 2.45) is 5.73 Å². The number of halogens is 2. The smallest absolute Gasteiger partial charge is 0.304 e. The standard InChI is InChI=1S/C17H16B3F2NO5S/c18-16(12-10(21)7-4-8-11(12)22)14(24)13(15(23)27-16)28-29(25,26)17(19,20)9-5-2-1-3-6-9/h1-8H,18-20,23H2/t16-/m1/s1. The lowest BCUT2D eigenvalue weighted by Gasteiger charge is -2.26. The normalized spacial score (nSPS) is 19.9. The lowest BCUT2D eigenvalue weighted by atomic mass is 9.65. The maximum atomic E-state index is 14.2. The third-order valence-corrected chi connectivity index (χ3v) is 6.78. The zero-order valence-corrected chi connectivity index (χ0v) is 16.7. The lowest BCUT2D eigenvalue weighted by molar-refractivity contribution is -0.126. The Hall–Kier alpha value is -2.75. The number of hydrogen-bond donors (Lipinski definition) is 1. The highest BCUT2D eigenvalue weighted by molar-refractivity contribution is 7.90. The quantitative estimate of drug-likeness (QED) is 0.491. The van der Waals surface area contributed by atoms with Crippen molar-refractivity contribution in [3.63, 3.8) is 0 Å². The Morgan fingerprint density at radius 1 is 1.03 bits per heavy atom. The van der Waals surface area contributed by atoms with Gasteiger partial charge in [0.05, 0.1) is 10.1 Å². The monoisotopic (exact) mass is 417 g/mol. The second kappa shape index (κ2) is 6.94. The van der Waals surface area contributed by atoms with Gasteiger partial charge in [-0.3, -0.25) is 4.79 Å². The fraction of sp³-hybridized carbons (Fsp3) is 0.118. The van der Waals surface area contributed by atoms with E-state index < -0.39 is 54.8 Å². The highest BCUT2D eigenvalue weighted by atomic mass is 32.2. The van der Waals surface area contributed by atoms with Gasteiger partial charge >= 0.3 is 10.1 Å². The lowest BCUT2D eigenvalue weighted by Crippen LogP contribution is -2.41. The van der Waals surface area contributed by atoms with Gasteiger partial charge in [-0.15, -0.1) is 0 Å². The van der Waals surface area contributed by atoms with Gasteiger partial charge in [0.25, 0.3) is 0 Å². The van der Waals surface area contributed by atoms with Crippen molar-refractivity contribution in [1.29, 1.82) is 0 Å². The number of nitrogens with two attached hydrogens (primary N) is 1. The molecule has 0 spiro atoms. The van der Waals surface area contributed by atoms with Crippen molar-refractivity contribution in [1.82, 2.24) is 0 Å². The van der Waals surface area contributed by atoms with E-state index in [2.05, 4.69) is 0 Å². The fourth-order valence-electron chi connectivity index (χ4n) is 3.04. The van der Waals surface area contributed by atoms with Crippen LogP contribution in [0.3, 0.4) is 0 Å². The molecule has 148 valence electrons. The third-order valence-electron chi connectivity index (χ3n) is 4.90. The second-order valence-corrected chi connectivity index (χ2v) is 9.26. The Bertz CT molecular complexity index is 1100. The number of ketones is 1. The molecule has 2 aromatic carbocycles. The van der Waals surface area contributed by atoms with Gasteiger partial charge in [0, 0.05) is 0 Å². The molecule has 0 aromatic heterocycles. The molecule has 6 nitrogen and oxygen atoms in total. The molecule has 0 bridgehead atoms. The summed E-state index contributed by atoms with van der Waals surface area (Å²) in [7, 11) is -0.562. The van der Waals surface area contributed by atoms with E-state index in [1.54, 1.807) is 30.3 Å². The Kier molecular flexibility index (Phi) is 5.02. The van der Waals surface area contributed by atoms with Crippen LogP contribution in [-0.2, 0) is 33.9 Å². The van der Waals surface area contributed by atoms with Gasteiger partial charge in [-0.25, -0.2) is 8.78 Å². The number of carbonyl (C=O) groups excluding carboxylic acids is 1. The minimum absolute atomic E-state index is 0.411. The van der Waals surface area contributed by atoms with Crippen LogP contribution >= 0.6 is 0 Å². The molecule has 0 aliphatic carbocycles. The Balaban J connectivity index is 1.99. The van der Waals surface area contributed by atoms with E-state index >= 15 is 0 Å². The molecule has 12 heteroatoms. The largest absolute Gasteiger partial charge is 0.466 e. The van der Waals surface area contributed by atoms with E-state index in [4.69, 9.17) is 14.7 Å². The first-order valence-electron chi connectivity index (χ1n) is 8.59. The molecule has 0 unspecified atom stereocenters. The molecule has 3 rings (SSSR count). The van der Waals surface area contributed by atoms with Crippen LogP contribution in [0.5, 0.6) is 0 Å². The van der Waals surface area contributed by atoms with Crippen LogP contribution in [0, 0.1) is 11.6 Å². The molecule has 1 heterocycles. The summed E-state index contributed by atoms with van der Waals surface area (Å²) in [6, 6.07) is 11.2. The predicted molar refractivity (Wildman–Crippen MR) is 109 cm³/mol. The molecule has 0 radical (unpaired) electrons. The van der Waals surface area contributed by atoms with Gasteiger partial charge in [-0.1, -0.05) is 36.4 Å². The number of hydrogen-bond acceptors (Lipinski definition) is 6. The van der Waals surface area contributed by atoms with E-state index in [1.165, 1.54) is 15.7 Å². The fourth-order valence-corrected chi connectivity index (χ4v) is 4.05. The third kappa shape index (κ3) is 3.31. The summed E-state index contributed by atoms with van der Waals surface area (Å²) in [6.45, 7) is 0. The predicted octanol–water partition coefficient (Wildman–Crippen LogP) is -1.10. The van der Waals surface area contributed by atoms with Crippen LogP contribution in [0.4, 0.5) is 8.78 Å². The summed E-state index contributed by atoms with van der Waals surface area (Å²) in [6.07, 6.45) is 0. The first-order chi connectivity index (χ1) is 13.4. The van der Waals surface area contributed by atoms with E-state index in [1.807, 2.05) is 0 Å². The molecule has 29 heavy (non-hydrogen) atoms. The van der Waals surface area contributed by atoms with Crippen LogP contribution in [0.2, 0.25) is 0 Å². The van der Waals surface area contributed by atoms with Gasteiger partial charge in [0.2, 0.25) is 17.4 Å². The zero-order chi connectivity index (χ0) is 21.6. The number of carbonyl (C=O) groups is 1. The van der Waals surface area contributed by atoms with Crippen LogP contribution in [0.15, 0.2) is 60.2 Å². The Morgan fingerprint density at radius 2 is 1.59 bits per heavy atom. The second-order valence-electron chi connectivity index (χ2n) is 7.17. The van der Waals surface area contributed by atoms with Gasteiger partial charge in [0.15, 0.2) is 13.3 Å². The minimum atomic E-state index is -4.44. The highest BCUT2D eigenvalue weighted by Crippen LogP contribution is 2.39. The molecular weight excluding hydrogens is 401 g/mol. The molecule has 2 N–H and O–H groups in total. The molecule has 0 amide bonds. The number of rotatable bonds is 5. The molecule has 0 saturated heterocycles. The highest BCUT2D eigenvalue weighted by Gasteiger charge is 2.53. The van der Waals surface area contributed by atoms with Gasteiger partial charge in [0.1, 0.15) is 27.3 Å². The average molecular weight is 417 g/mol. The van der Waals surface area contributed by atoms with Crippen LogP contribution in [-0.4, -0.2) is 37.7 Å². The molecule has 1 aliphatic heterocycles. The maximum Gasteiger partial charge on any atom is 0.304 e. The summed E-state index contributed by atoms with van der Waals surface area (Å²) in [4.78, 5) is 12.9. The van der Waals surface area contributed by atoms with E-state index in [9.17, 15) is 22.0 Å². The summed E-state index contributed by atoms with van der Waals surface area (Å²) >= 11 is 0. The van der Waals surface area contributed by atoms with E-state index in [0.29, 0.717) is 5.56 Å². The van der Waals surface area contributed by atoms with Crippen molar-refractivity contribution in [2.75, 3.05) is 0 Å². The minimum Gasteiger partial charge on any atom is -0.466 e. The van der Waals surface area contributed by atoms with Gasteiger partial charge < -0.3 is 14.7 Å². The zero-order valence-electron chi connectivity index (χ0n) is 15.9.